The van der Waals surface area contributed by atoms with Crippen molar-refractivity contribution in [1.82, 2.24) is 5.32 Å². The number of nitrogens with one attached hydrogen (secondary N) is 1. The van der Waals surface area contributed by atoms with Crippen molar-refractivity contribution in [2.75, 3.05) is 0 Å². The van der Waals surface area contributed by atoms with Gasteiger partial charge in [0, 0.05) is 5.02 Å². The van der Waals surface area contributed by atoms with Crippen molar-refractivity contribution in [3.05, 3.63) is 34.6 Å². The van der Waals surface area contributed by atoms with E-state index in [1.165, 1.54) is 19.1 Å². The lowest BCUT2D eigenvalue weighted by Crippen LogP contribution is -2.39. The van der Waals surface area contributed by atoms with E-state index in [0.717, 1.165) is 6.07 Å². The molecule has 1 aromatic carbocycles. The van der Waals surface area contributed by atoms with Gasteiger partial charge in [-0.3, -0.25) is 9.59 Å². The van der Waals surface area contributed by atoms with E-state index in [0.29, 0.717) is 5.56 Å². The van der Waals surface area contributed by atoms with Crippen molar-refractivity contribution in [2.45, 2.75) is 19.4 Å². The molecule has 4 nitrogen and oxygen atoms in total. The molecular weight excluding hydrogens is 249 g/mol. The van der Waals surface area contributed by atoms with Gasteiger partial charge in [-0.05, 0) is 24.6 Å². The number of hydrogen-bond donors (Lipinski definition) is 2. The highest BCUT2D eigenvalue weighted by Gasteiger charge is 2.15. The number of carboxylic acids is 1. The summed E-state index contributed by atoms with van der Waals surface area (Å²) < 4.78 is 12.7. The van der Waals surface area contributed by atoms with Gasteiger partial charge in [-0.25, -0.2) is 4.39 Å². The molecule has 0 fully saturated rings. The molecule has 92 valence electrons. The van der Waals surface area contributed by atoms with Crippen molar-refractivity contribution in [2.24, 2.45) is 0 Å². The fourth-order valence-corrected chi connectivity index (χ4v) is 1.43. The number of carboxylic acid groups (broad SMARTS) is 1. The van der Waals surface area contributed by atoms with Gasteiger partial charge in [0.25, 0.3) is 0 Å². The minimum absolute atomic E-state index is 0.0866. The maximum atomic E-state index is 12.7. The Morgan fingerprint density at radius 2 is 2.18 bits per heavy atom. The molecule has 0 radical (unpaired) electrons. The SMILES string of the molecule is C[C@@H](NC(=O)Cc1ccc(F)cc1Cl)C(=O)O. The first-order valence-electron chi connectivity index (χ1n) is 4.86. The topological polar surface area (TPSA) is 66.4 Å². The number of aliphatic carboxylic acids is 1. The first-order chi connectivity index (χ1) is 7.90. The molecule has 17 heavy (non-hydrogen) atoms. The largest absolute Gasteiger partial charge is 0.480 e. The Bertz CT molecular complexity index is 450. The predicted octanol–water partition coefficient (Wildman–Crippen LogP) is 1.61. The van der Waals surface area contributed by atoms with Gasteiger partial charge in [-0.2, -0.15) is 0 Å². The third-order valence-corrected chi connectivity index (χ3v) is 2.47. The molecule has 6 heteroatoms. The summed E-state index contributed by atoms with van der Waals surface area (Å²) in [7, 11) is 0. The smallest absolute Gasteiger partial charge is 0.325 e. The van der Waals surface area contributed by atoms with Crippen LogP contribution in [0, 0.1) is 5.82 Å². The summed E-state index contributed by atoms with van der Waals surface area (Å²) in [5.74, 6) is -2.09. The third-order valence-electron chi connectivity index (χ3n) is 2.11. The van der Waals surface area contributed by atoms with Crippen LogP contribution < -0.4 is 5.32 Å². The number of rotatable bonds is 4. The van der Waals surface area contributed by atoms with Gasteiger partial charge in [0.2, 0.25) is 5.91 Å². The molecule has 0 saturated heterocycles. The average molecular weight is 260 g/mol. The van der Waals surface area contributed by atoms with Gasteiger partial charge in [0.1, 0.15) is 11.9 Å². The number of benzene rings is 1. The fraction of sp³-hybridized carbons (Fsp3) is 0.273. The Balaban J connectivity index is 2.65. The maximum Gasteiger partial charge on any atom is 0.325 e. The number of carbonyl (C=O) groups excluding carboxylic acids is 1. The molecule has 0 unspecified atom stereocenters. The number of halogens is 2. The van der Waals surface area contributed by atoms with E-state index in [2.05, 4.69) is 5.32 Å². The first-order valence-corrected chi connectivity index (χ1v) is 5.24. The Kier molecular flexibility index (Phi) is 4.45. The van der Waals surface area contributed by atoms with Gasteiger partial charge in [0.15, 0.2) is 0 Å². The van der Waals surface area contributed by atoms with Crippen LogP contribution in [0.1, 0.15) is 12.5 Å². The second-order valence-electron chi connectivity index (χ2n) is 3.54. The molecule has 0 heterocycles. The monoisotopic (exact) mass is 259 g/mol. The van der Waals surface area contributed by atoms with Crippen molar-refractivity contribution in [3.8, 4) is 0 Å². The Morgan fingerprint density at radius 3 is 2.71 bits per heavy atom. The predicted molar refractivity (Wildman–Crippen MR) is 60.4 cm³/mol. The van der Waals surface area contributed by atoms with Crippen molar-refractivity contribution >= 4 is 23.5 Å². The van der Waals surface area contributed by atoms with Gasteiger partial charge >= 0.3 is 5.97 Å². The number of amides is 1. The van der Waals surface area contributed by atoms with Crippen LogP contribution in [-0.2, 0) is 16.0 Å². The summed E-state index contributed by atoms with van der Waals surface area (Å²) in [6.07, 6.45) is -0.0866. The van der Waals surface area contributed by atoms with Crippen molar-refractivity contribution in [3.63, 3.8) is 0 Å². The van der Waals surface area contributed by atoms with Crippen LogP contribution in [-0.4, -0.2) is 23.0 Å². The van der Waals surface area contributed by atoms with E-state index < -0.39 is 23.7 Å². The molecule has 0 aliphatic rings. The lowest BCUT2D eigenvalue weighted by atomic mass is 10.1. The van der Waals surface area contributed by atoms with Crippen LogP contribution in [0.3, 0.4) is 0 Å². The Hall–Kier alpha value is -1.62. The highest BCUT2D eigenvalue weighted by Crippen LogP contribution is 2.17. The van der Waals surface area contributed by atoms with Crippen LogP contribution in [0.4, 0.5) is 4.39 Å². The van der Waals surface area contributed by atoms with Crippen LogP contribution in [0.25, 0.3) is 0 Å². The number of carbonyl (C=O) groups is 2. The molecule has 2 N–H and O–H groups in total. The van der Waals surface area contributed by atoms with Crippen LogP contribution in [0.2, 0.25) is 5.02 Å². The van der Waals surface area contributed by atoms with E-state index >= 15 is 0 Å². The van der Waals surface area contributed by atoms with Crippen molar-refractivity contribution in [1.29, 1.82) is 0 Å². The van der Waals surface area contributed by atoms with Crippen LogP contribution in [0.15, 0.2) is 18.2 Å². The lowest BCUT2D eigenvalue weighted by molar-refractivity contribution is -0.141. The van der Waals surface area contributed by atoms with E-state index in [4.69, 9.17) is 16.7 Å². The summed E-state index contributed by atoms with van der Waals surface area (Å²) in [6, 6.07) is 2.71. The molecule has 0 bridgehead atoms. The van der Waals surface area contributed by atoms with Crippen LogP contribution >= 0.6 is 11.6 Å². The van der Waals surface area contributed by atoms with Gasteiger partial charge in [0.05, 0.1) is 6.42 Å². The molecule has 0 aliphatic carbocycles. The molecule has 1 amide bonds. The summed E-state index contributed by atoms with van der Waals surface area (Å²) in [5.41, 5.74) is 0.447. The standard InChI is InChI=1S/C11H11ClFNO3/c1-6(11(16)17)14-10(15)4-7-2-3-8(13)5-9(7)12/h2-3,5-6H,4H2,1H3,(H,14,15)(H,16,17)/t6-/m1/s1. The van der Waals surface area contributed by atoms with Gasteiger partial charge in [-0.15, -0.1) is 0 Å². The first kappa shape index (κ1) is 13.4. The minimum Gasteiger partial charge on any atom is -0.480 e. The zero-order chi connectivity index (χ0) is 13.0. The van der Waals surface area contributed by atoms with E-state index in [1.807, 2.05) is 0 Å². The quantitative estimate of drug-likeness (QED) is 0.863. The highest BCUT2D eigenvalue weighted by atomic mass is 35.5. The molecule has 0 aromatic heterocycles. The van der Waals surface area contributed by atoms with E-state index in [9.17, 15) is 14.0 Å². The second kappa shape index (κ2) is 5.63. The summed E-state index contributed by atoms with van der Waals surface area (Å²) in [5, 5.41) is 11.0. The zero-order valence-corrected chi connectivity index (χ0v) is 9.79. The van der Waals surface area contributed by atoms with E-state index in [-0.39, 0.29) is 11.4 Å². The third kappa shape index (κ3) is 4.03. The average Bonchev–Trinajstić information content (AvgIpc) is 2.22. The second-order valence-corrected chi connectivity index (χ2v) is 3.95. The number of hydrogen-bond acceptors (Lipinski definition) is 2. The maximum absolute atomic E-state index is 12.7. The van der Waals surface area contributed by atoms with Gasteiger partial charge in [-0.1, -0.05) is 17.7 Å². The summed E-state index contributed by atoms with van der Waals surface area (Å²) >= 11 is 5.74. The normalized spacial score (nSPS) is 11.9. The van der Waals surface area contributed by atoms with E-state index in [1.54, 1.807) is 0 Å². The van der Waals surface area contributed by atoms with Crippen LogP contribution in [0.5, 0.6) is 0 Å². The molecule has 1 aromatic rings. The Morgan fingerprint density at radius 1 is 1.53 bits per heavy atom. The zero-order valence-electron chi connectivity index (χ0n) is 9.04. The highest BCUT2D eigenvalue weighted by molar-refractivity contribution is 6.31. The molecule has 1 atom stereocenters. The lowest BCUT2D eigenvalue weighted by Gasteiger charge is -2.09. The minimum atomic E-state index is -1.12. The molecule has 0 saturated carbocycles. The Labute approximate surface area is 102 Å². The summed E-state index contributed by atoms with van der Waals surface area (Å²) in [6.45, 7) is 1.35. The van der Waals surface area contributed by atoms with Gasteiger partial charge < -0.3 is 10.4 Å². The van der Waals surface area contributed by atoms with Crippen molar-refractivity contribution < 1.29 is 19.1 Å². The molecule has 1 rings (SSSR count). The summed E-state index contributed by atoms with van der Waals surface area (Å²) in [4.78, 5) is 21.9. The fourth-order valence-electron chi connectivity index (χ4n) is 1.19. The molecule has 0 aliphatic heterocycles. The molecular formula is C11H11ClFNO3. The molecule has 0 spiro atoms.